The second-order valence-corrected chi connectivity index (χ2v) is 10.3. The lowest BCUT2D eigenvalue weighted by Gasteiger charge is -2.14. The predicted octanol–water partition coefficient (Wildman–Crippen LogP) is 6.15. The van der Waals surface area contributed by atoms with E-state index >= 15 is 0 Å². The number of esters is 1. The number of halogens is 1. The van der Waals surface area contributed by atoms with Crippen LogP contribution in [-0.2, 0) is 16.1 Å². The highest BCUT2D eigenvalue weighted by atomic mass is 79.9. The largest absolute Gasteiger partial charge is 0.490 e. The molecule has 1 saturated heterocycles. The van der Waals surface area contributed by atoms with E-state index in [-0.39, 0.29) is 18.1 Å². The Morgan fingerprint density at radius 1 is 1.02 bits per heavy atom. The van der Waals surface area contributed by atoms with E-state index in [4.69, 9.17) is 19.3 Å². The number of carboxylic acid groups (broad SMARTS) is 1. The van der Waals surface area contributed by atoms with Crippen LogP contribution >= 0.6 is 27.7 Å². The SMILES string of the molecule is CCOc1cc(C=C2SC(=Nc3ccc(C(=O)OC)cc3)N(C)C2=O)c(Br)cc1OCc1ccc(C(=O)O)cc1. The van der Waals surface area contributed by atoms with Crippen LogP contribution in [0.2, 0.25) is 0 Å². The third kappa shape index (κ3) is 6.72. The Labute approximate surface area is 243 Å². The van der Waals surface area contributed by atoms with E-state index in [1.165, 1.54) is 35.9 Å². The lowest BCUT2D eigenvalue weighted by atomic mass is 10.1. The maximum atomic E-state index is 13.0. The number of ether oxygens (including phenoxy) is 3. The molecule has 1 aliphatic heterocycles. The van der Waals surface area contributed by atoms with Crippen molar-refractivity contribution >= 4 is 62.5 Å². The number of thioether (sulfide) groups is 1. The van der Waals surface area contributed by atoms with Crippen LogP contribution in [0.4, 0.5) is 5.69 Å². The molecule has 0 aliphatic carbocycles. The summed E-state index contributed by atoms with van der Waals surface area (Å²) < 4.78 is 17.2. The maximum Gasteiger partial charge on any atom is 0.337 e. The van der Waals surface area contributed by atoms with E-state index < -0.39 is 11.9 Å². The molecule has 40 heavy (non-hydrogen) atoms. The van der Waals surface area contributed by atoms with Gasteiger partial charge in [-0.3, -0.25) is 9.69 Å². The smallest absolute Gasteiger partial charge is 0.337 e. The summed E-state index contributed by atoms with van der Waals surface area (Å²) in [6, 6.07) is 16.6. The number of aromatic carboxylic acids is 1. The average molecular weight is 625 g/mol. The highest BCUT2D eigenvalue weighted by Crippen LogP contribution is 2.38. The first-order valence-electron chi connectivity index (χ1n) is 12.1. The fraction of sp³-hybridized carbons (Fsp3) is 0.172. The van der Waals surface area contributed by atoms with Crippen LogP contribution in [0.25, 0.3) is 6.08 Å². The Balaban J connectivity index is 1.54. The quantitative estimate of drug-likeness (QED) is 0.223. The number of carbonyl (C=O) groups excluding carboxylic acids is 2. The molecule has 1 amide bonds. The van der Waals surface area contributed by atoms with E-state index in [0.717, 1.165) is 11.1 Å². The van der Waals surface area contributed by atoms with Crippen molar-refractivity contribution in [2.24, 2.45) is 4.99 Å². The predicted molar refractivity (Wildman–Crippen MR) is 156 cm³/mol. The Morgan fingerprint density at radius 2 is 1.68 bits per heavy atom. The first kappa shape index (κ1) is 28.9. The van der Waals surface area contributed by atoms with Crippen LogP contribution in [0.1, 0.15) is 38.8 Å². The van der Waals surface area contributed by atoms with E-state index in [1.807, 2.05) is 6.92 Å². The van der Waals surface area contributed by atoms with Gasteiger partial charge in [0.05, 0.1) is 35.4 Å². The molecule has 3 aromatic rings. The fourth-order valence-corrected chi connectivity index (χ4v) is 5.05. The number of nitrogens with zero attached hydrogens (tertiary/aromatic N) is 2. The molecule has 3 aromatic carbocycles. The Bertz CT molecular complexity index is 1500. The van der Waals surface area contributed by atoms with Gasteiger partial charge >= 0.3 is 11.9 Å². The zero-order chi connectivity index (χ0) is 28.8. The van der Waals surface area contributed by atoms with Crippen molar-refractivity contribution < 1.29 is 33.7 Å². The Morgan fingerprint density at radius 3 is 2.30 bits per heavy atom. The molecule has 1 aliphatic rings. The van der Waals surface area contributed by atoms with Gasteiger partial charge in [0.2, 0.25) is 0 Å². The molecule has 11 heteroatoms. The summed E-state index contributed by atoms with van der Waals surface area (Å²) in [6.07, 6.45) is 1.76. The van der Waals surface area contributed by atoms with Crippen molar-refractivity contribution in [2.45, 2.75) is 13.5 Å². The number of aliphatic imine (C=N–C) groups is 1. The molecule has 1 fully saturated rings. The molecule has 1 heterocycles. The molecule has 0 unspecified atom stereocenters. The van der Waals surface area contributed by atoms with Crippen LogP contribution < -0.4 is 9.47 Å². The lowest BCUT2D eigenvalue weighted by molar-refractivity contribution is -0.121. The normalized spacial score (nSPS) is 15.0. The van der Waals surface area contributed by atoms with Crippen LogP contribution in [0.15, 0.2) is 75.0 Å². The van der Waals surface area contributed by atoms with Crippen molar-refractivity contribution in [2.75, 3.05) is 20.8 Å². The molecule has 0 atom stereocenters. The highest BCUT2D eigenvalue weighted by Gasteiger charge is 2.30. The molecule has 0 bridgehead atoms. The molecule has 4 rings (SSSR count). The number of hydrogen-bond donors (Lipinski definition) is 1. The molecule has 206 valence electrons. The molecular formula is C29H25BrN2O7S. The second-order valence-electron chi connectivity index (χ2n) is 8.45. The van der Waals surface area contributed by atoms with E-state index in [2.05, 4.69) is 20.9 Å². The van der Waals surface area contributed by atoms with Gasteiger partial charge in [-0.1, -0.05) is 28.1 Å². The number of amides is 1. The van der Waals surface area contributed by atoms with Gasteiger partial charge in [0.15, 0.2) is 16.7 Å². The van der Waals surface area contributed by atoms with Gasteiger partial charge in [-0.15, -0.1) is 0 Å². The summed E-state index contributed by atoms with van der Waals surface area (Å²) in [6.45, 7) is 2.48. The third-order valence-electron chi connectivity index (χ3n) is 5.76. The van der Waals surface area contributed by atoms with Crippen molar-refractivity contribution in [3.05, 3.63) is 92.3 Å². The number of benzene rings is 3. The van der Waals surface area contributed by atoms with Gasteiger partial charge in [-0.25, -0.2) is 14.6 Å². The van der Waals surface area contributed by atoms with Crippen molar-refractivity contribution in [3.8, 4) is 11.5 Å². The van der Waals surface area contributed by atoms with Gasteiger partial charge in [-0.05, 0) is 84.4 Å². The first-order valence-corrected chi connectivity index (χ1v) is 13.7. The molecule has 1 N–H and O–H groups in total. The maximum absolute atomic E-state index is 13.0. The fourth-order valence-electron chi connectivity index (χ4n) is 3.64. The summed E-state index contributed by atoms with van der Waals surface area (Å²) in [4.78, 5) is 42.2. The summed E-state index contributed by atoms with van der Waals surface area (Å²) in [5.41, 5.74) is 2.73. The number of rotatable bonds is 9. The van der Waals surface area contributed by atoms with Gasteiger partial charge in [0, 0.05) is 11.5 Å². The third-order valence-corrected chi connectivity index (χ3v) is 7.51. The van der Waals surface area contributed by atoms with E-state index in [0.29, 0.717) is 43.9 Å². The first-order chi connectivity index (χ1) is 19.2. The lowest BCUT2D eigenvalue weighted by Crippen LogP contribution is -2.23. The molecule has 9 nitrogen and oxygen atoms in total. The molecule has 0 saturated carbocycles. The Hall–Kier alpha value is -4.09. The van der Waals surface area contributed by atoms with Crippen LogP contribution in [0.3, 0.4) is 0 Å². The standard InChI is InChI=1S/C29H25BrN2O7S/c1-4-38-23-13-20(22(30)15-24(23)39-16-17-5-7-18(8-6-17)27(34)35)14-25-26(33)32(2)29(40-25)31-21-11-9-19(10-12-21)28(36)37-3/h5-15H,4,16H2,1-3H3,(H,34,35). The number of hydrogen-bond acceptors (Lipinski definition) is 8. The molecule has 0 spiro atoms. The topological polar surface area (TPSA) is 115 Å². The van der Waals surface area contributed by atoms with Gasteiger partial charge in [-0.2, -0.15) is 0 Å². The van der Waals surface area contributed by atoms with Gasteiger partial charge in [0.1, 0.15) is 6.61 Å². The molecule has 0 aromatic heterocycles. The summed E-state index contributed by atoms with van der Waals surface area (Å²) in [5.74, 6) is -0.626. The van der Waals surface area contributed by atoms with Crippen LogP contribution in [0, 0.1) is 0 Å². The second kappa shape index (κ2) is 12.8. The van der Waals surface area contributed by atoms with E-state index in [9.17, 15) is 14.4 Å². The minimum absolute atomic E-state index is 0.202. The number of carboxylic acids is 1. The van der Waals surface area contributed by atoms with Crippen LogP contribution in [-0.4, -0.2) is 53.8 Å². The monoisotopic (exact) mass is 624 g/mol. The minimum atomic E-state index is -0.988. The number of likely N-dealkylation sites (N-methyl/N-ethyl adjacent to an activating group) is 1. The number of carbonyl (C=O) groups is 3. The van der Waals surface area contributed by atoms with E-state index in [1.54, 1.807) is 61.7 Å². The summed E-state index contributed by atoms with van der Waals surface area (Å²) in [7, 11) is 2.97. The van der Waals surface area contributed by atoms with Gasteiger partial charge < -0.3 is 19.3 Å². The highest BCUT2D eigenvalue weighted by molar-refractivity contribution is 9.10. The minimum Gasteiger partial charge on any atom is -0.490 e. The van der Waals surface area contributed by atoms with Crippen molar-refractivity contribution in [3.63, 3.8) is 0 Å². The van der Waals surface area contributed by atoms with Gasteiger partial charge in [0.25, 0.3) is 5.91 Å². The zero-order valence-corrected chi connectivity index (χ0v) is 24.2. The number of amidine groups is 1. The van der Waals surface area contributed by atoms with Crippen molar-refractivity contribution in [1.29, 1.82) is 0 Å². The summed E-state index contributed by atoms with van der Waals surface area (Å²) in [5, 5.41) is 9.58. The van der Waals surface area contributed by atoms with Crippen molar-refractivity contribution in [1.82, 2.24) is 4.90 Å². The average Bonchev–Trinajstić information content (AvgIpc) is 3.21. The molecule has 0 radical (unpaired) electrons. The summed E-state index contributed by atoms with van der Waals surface area (Å²) >= 11 is 4.81. The Kier molecular flexibility index (Phi) is 9.28. The van der Waals surface area contributed by atoms with Crippen LogP contribution in [0.5, 0.6) is 11.5 Å². The molecular weight excluding hydrogens is 600 g/mol. The number of methoxy groups -OCH3 is 1. The zero-order valence-electron chi connectivity index (χ0n) is 21.8.